The molecule has 0 spiro atoms. The number of nitrogens with one attached hydrogen (secondary N) is 1. The highest BCUT2D eigenvalue weighted by Gasteiger charge is 2.24. The SMILES string of the molecule is CC(C)(C)c1cc(C(C)(C)C)c(O)cc1N.CCOC(=O)/C(=C/Nc1ccccc1)C(=O)O. The molecule has 0 radical (unpaired) electrons. The number of carbonyl (C=O) groups excluding carboxylic acids is 1. The minimum Gasteiger partial charge on any atom is -0.508 e. The van der Waals surface area contributed by atoms with Crippen molar-refractivity contribution in [3.05, 3.63) is 65.4 Å². The van der Waals surface area contributed by atoms with Crippen LogP contribution in [0.3, 0.4) is 0 Å². The third-order valence-electron chi connectivity index (χ3n) is 4.67. The Kier molecular flexibility index (Phi) is 9.52. The molecule has 7 heteroatoms. The minimum absolute atomic E-state index is 0.00220. The van der Waals surface area contributed by atoms with Gasteiger partial charge >= 0.3 is 11.9 Å². The van der Waals surface area contributed by atoms with Crippen LogP contribution in [-0.2, 0) is 25.2 Å². The van der Waals surface area contributed by atoms with Crippen LogP contribution in [0.2, 0.25) is 0 Å². The Labute approximate surface area is 196 Å². The third kappa shape index (κ3) is 8.52. The lowest BCUT2D eigenvalue weighted by molar-refractivity contribution is -0.143. The Bertz CT molecular complexity index is 949. The molecule has 2 rings (SSSR count). The van der Waals surface area contributed by atoms with Gasteiger partial charge in [-0.3, -0.25) is 0 Å². The molecule has 5 N–H and O–H groups in total. The predicted octanol–water partition coefficient (Wildman–Crippen LogP) is 5.20. The molecule has 0 aliphatic heterocycles. The zero-order valence-electron chi connectivity index (χ0n) is 20.5. The number of aliphatic carboxylic acids is 1. The molecule has 0 amide bonds. The standard InChI is InChI=1S/C14H23NO.C12H13NO4/c1-13(2,3)9-7-10(14(4,5)6)12(16)8-11(9)15;1-2-17-12(16)10(11(14)15)8-13-9-6-4-3-5-7-9/h7-8,16H,15H2,1-6H3;3-8,13H,2H2,1H3,(H,14,15)/b;10-8+. The fourth-order valence-electron chi connectivity index (χ4n) is 2.96. The van der Waals surface area contributed by atoms with Gasteiger partial charge in [0.25, 0.3) is 0 Å². The van der Waals surface area contributed by atoms with Gasteiger partial charge in [-0.15, -0.1) is 0 Å². The van der Waals surface area contributed by atoms with Gasteiger partial charge in [0, 0.05) is 23.6 Å². The summed E-state index contributed by atoms with van der Waals surface area (Å²) in [5.74, 6) is -1.90. The van der Waals surface area contributed by atoms with Crippen LogP contribution in [0.25, 0.3) is 0 Å². The number of ether oxygens (including phenoxy) is 1. The first-order chi connectivity index (χ1) is 15.2. The quantitative estimate of drug-likeness (QED) is 0.160. The highest BCUT2D eigenvalue weighted by Crippen LogP contribution is 2.38. The molecular formula is C26H36N2O5. The molecule has 0 aromatic heterocycles. The monoisotopic (exact) mass is 456 g/mol. The van der Waals surface area contributed by atoms with Gasteiger partial charge < -0.3 is 26.0 Å². The molecule has 7 nitrogen and oxygen atoms in total. The van der Waals surface area contributed by atoms with E-state index in [4.69, 9.17) is 10.8 Å². The average Bonchev–Trinajstić information content (AvgIpc) is 2.67. The van der Waals surface area contributed by atoms with Crippen molar-refractivity contribution in [3.8, 4) is 5.75 Å². The minimum atomic E-state index is -1.33. The van der Waals surface area contributed by atoms with Gasteiger partial charge in [0.2, 0.25) is 0 Å². The Morgan fingerprint density at radius 1 is 1.00 bits per heavy atom. The molecule has 2 aromatic rings. The number of hydrogen-bond donors (Lipinski definition) is 4. The van der Waals surface area contributed by atoms with Gasteiger partial charge in [-0.05, 0) is 47.1 Å². The summed E-state index contributed by atoms with van der Waals surface area (Å²) >= 11 is 0. The van der Waals surface area contributed by atoms with Crippen molar-refractivity contribution >= 4 is 23.3 Å². The number of carbonyl (C=O) groups is 2. The number of para-hydroxylation sites is 1. The van der Waals surface area contributed by atoms with E-state index in [1.165, 1.54) is 0 Å². The number of carboxylic acids is 1. The van der Waals surface area contributed by atoms with Crippen molar-refractivity contribution in [2.24, 2.45) is 0 Å². The fourth-order valence-corrected chi connectivity index (χ4v) is 2.96. The second kappa shape index (κ2) is 11.4. The Balaban J connectivity index is 0.000000331. The maximum atomic E-state index is 11.3. The van der Waals surface area contributed by atoms with E-state index in [9.17, 15) is 14.7 Å². The highest BCUT2D eigenvalue weighted by atomic mass is 16.5. The molecule has 2 aromatic carbocycles. The van der Waals surface area contributed by atoms with Crippen LogP contribution in [0.1, 0.15) is 59.6 Å². The molecule has 0 saturated carbocycles. The number of nitrogen functional groups attached to an aromatic ring is 1. The lowest BCUT2D eigenvalue weighted by Crippen LogP contribution is -2.18. The van der Waals surface area contributed by atoms with Crippen LogP contribution in [0, 0.1) is 0 Å². The van der Waals surface area contributed by atoms with Crippen molar-refractivity contribution in [1.29, 1.82) is 0 Å². The molecule has 0 unspecified atom stereocenters. The highest BCUT2D eigenvalue weighted by molar-refractivity contribution is 6.13. The number of hydrogen-bond acceptors (Lipinski definition) is 6. The number of rotatable bonds is 5. The van der Waals surface area contributed by atoms with E-state index in [1.807, 2.05) is 12.1 Å². The Hall–Kier alpha value is -3.48. The lowest BCUT2D eigenvalue weighted by Gasteiger charge is -2.27. The molecule has 0 atom stereocenters. The van der Waals surface area contributed by atoms with E-state index in [2.05, 4.69) is 51.6 Å². The summed E-state index contributed by atoms with van der Waals surface area (Å²) in [5.41, 5.74) is 8.85. The van der Waals surface area contributed by atoms with E-state index < -0.39 is 17.5 Å². The van der Waals surface area contributed by atoms with Gasteiger partial charge in [-0.1, -0.05) is 59.7 Å². The second-order valence-electron chi connectivity index (χ2n) is 9.55. The molecule has 0 heterocycles. The number of esters is 1. The summed E-state index contributed by atoms with van der Waals surface area (Å²) in [6, 6.07) is 12.6. The topological polar surface area (TPSA) is 122 Å². The first-order valence-corrected chi connectivity index (χ1v) is 10.7. The van der Waals surface area contributed by atoms with Crippen LogP contribution in [-0.4, -0.2) is 28.8 Å². The van der Waals surface area contributed by atoms with E-state index in [1.54, 1.807) is 37.3 Å². The van der Waals surface area contributed by atoms with E-state index in [0.717, 1.165) is 17.3 Å². The van der Waals surface area contributed by atoms with Gasteiger partial charge in [-0.2, -0.15) is 0 Å². The molecule has 0 aliphatic rings. The average molecular weight is 457 g/mol. The molecular weight excluding hydrogens is 420 g/mol. The van der Waals surface area contributed by atoms with Crippen molar-refractivity contribution in [2.75, 3.05) is 17.7 Å². The van der Waals surface area contributed by atoms with Crippen LogP contribution in [0.4, 0.5) is 11.4 Å². The molecule has 0 aliphatic carbocycles. The molecule has 0 bridgehead atoms. The van der Waals surface area contributed by atoms with Gasteiger partial charge in [0.15, 0.2) is 5.57 Å². The van der Waals surface area contributed by atoms with Crippen molar-refractivity contribution in [3.63, 3.8) is 0 Å². The number of carboxylic acid groups (broad SMARTS) is 1. The largest absolute Gasteiger partial charge is 0.508 e. The third-order valence-corrected chi connectivity index (χ3v) is 4.67. The Morgan fingerprint density at radius 3 is 2.00 bits per heavy atom. The van der Waals surface area contributed by atoms with E-state index >= 15 is 0 Å². The smallest absolute Gasteiger partial charge is 0.347 e. The van der Waals surface area contributed by atoms with Gasteiger partial charge in [0.1, 0.15) is 5.75 Å². The van der Waals surface area contributed by atoms with Crippen molar-refractivity contribution in [2.45, 2.75) is 59.3 Å². The summed E-state index contributed by atoms with van der Waals surface area (Å²) in [6.45, 7) is 14.4. The van der Waals surface area contributed by atoms with E-state index in [-0.39, 0.29) is 23.2 Å². The van der Waals surface area contributed by atoms with Gasteiger partial charge in [-0.25, -0.2) is 9.59 Å². The van der Waals surface area contributed by atoms with Crippen LogP contribution in [0.5, 0.6) is 5.75 Å². The number of aromatic hydroxyl groups is 1. The summed E-state index contributed by atoms with van der Waals surface area (Å²) in [4.78, 5) is 22.1. The summed E-state index contributed by atoms with van der Waals surface area (Å²) < 4.78 is 4.63. The number of phenols is 1. The first-order valence-electron chi connectivity index (χ1n) is 10.7. The number of nitrogens with two attached hydrogens (primary N) is 1. The molecule has 0 fully saturated rings. The molecule has 0 saturated heterocycles. The maximum Gasteiger partial charge on any atom is 0.347 e. The number of phenolic OH excluding ortho intramolecular Hbond substituents is 1. The van der Waals surface area contributed by atoms with E-state index in [0.29, 0.717) is 11.4 Å². The van der Waals surface area contributed by atoms with Crippen molar-refractivity contribution < 1.29 is 24.5 Å². The predicted molar refractivity (Wildman–Crippen MR) is 132 cm³/mol. The summed E-state index contributed by atoms with van der Waals surface area (Å²) in [7, 11) is 0. The molecule has 180 valence electrons. The maximum absolute atomic E-state index is 11.3. The normalized spacial score (nSPS) is 11.8. The number of anilines is 2. The zero-order chi connectivity index (χ0) is 25.4. The lowest BCUT2D eigenvalue weighted by atomic mass is 9.79. The van der Waals surface area contributed by atoms with Crippen LogP contribution >= 0.6 is 0 Å². The zero-order valence-corrected chi connectivity index (χ0v) is 20.5. The first kappa shape index (κ1) is 27.6. The second-order valence-corrected chi connectivity index (χ2v) is 9.55. The number of benzene rings is 2. The van der Waals surface area contributed by atoms with Gasteiger partial charge in [0.05, 0.1) is 6.61 Å². The molecule has 33 heavy (non-hydrogen) atoms. The van der Waals surface area contributed by atoms with Crippen molar-refractivity contribution in [1.82, 2.24) is 0 Å². The summed E-state index contributed by atoms with van der Waals surface area (Å²) in [6.07, 6.45) is 1.12. The van der Waals surface area contributed by atoms with Crippen LogP contribution in [0.15, 0.2) is 54.2 Å². The Morgan fingerprint density at radius 2 is 1.55 bits per heavy atom. The fraction of sp³-hybridized carbons (Fsp3) is 0.385. The van der Waals surface area contributed by atoms with Crippen LogP contribution < -0.4 is 11.1 Å². The summed E-state index contributed by atoms with van der Waals surface area (Å²) in [5, 5.41) is 21.5.